The summed E-state index contributed by atoms with van der Waals surface area (Å²) in [6, 6.07) is 10.6. The third-order valence-corrected chi connectivity index (χ3v) is 5.74. The van der Waals surface area contributed by atoms with Crippen LogP contribution in [0.5, 0.6) is 5.75 Å². The summed E-state index contributed by atoms with van der Waals surface area (Å²) in [5.41, 5.74) is 0. The van der Waals surface area contributed by atoms with Crippen LogP contribution < -0.4 is 9.46 Å². The number of benzene rings is 2. The van der Waals surface area contributed by atoms with Crippen molar-refractivity contribution in [2.45, 2.75) is 36.8 Å². The van der Waals surface area contributed by atoms with Crippen molar-refractivity contribution in [3.8, 4) is 5.75 Å². The minimum Gasteiger partial charge on any atom is -0.496 e. The van der Waals surface area contributed by atoms with Crippen LogP contribution in [-0.2, 0) is 14.8 Å². The van der Waals surface area contributed by atoms with E-state index in [4.69, 9.17) is 9.47 Å². The zero-order chi connectivity index (χ0) is 16.4. The number of nitrogens with one attached hydrogen (secondary N) is 1. The van der Waals surface area contributed by atoms with Gasteiger partial charge >= 0.3 is 0 Å². The Morgan fingerprint density at radius 1 is 1.17 bits per heavy atom. The largest absolute Gasteiger partial charge is 0.496 e. The van der Waals surface area contributed by atoms with Gasteiger partial charge in [-0.05, 0) is 31.9 Å². The van der Waals surface area contributed by atoms with Crippen LogP contribution in [0.4, 0.5) is 0 Å². The lowest BCUT2D eigenvalue weighted by Gasteiger charge is -2.27. The zero-order valence-electron chi connectivity index (χ0n) is 13.3. The summed E-state index contributed by atoms with van der Waals surface area (Å²) in [5, 5.41) is 1.46. The lowest BCUT2D eigenvalue weighted by atomic mass is 10.1. The Labute approximate surface area is 136 Å². The molecule has 3 rings (SSSR count). The summed E-state index contributed by atoms with van der Waals surface area (Å²) in [6.45, 7) is 2.54. The summed E-state index contributed by atoms with van der Waals surface area (Å²) >= 11 is 0. The Bertz CT molecular complexity index is 803. The molecule has 124 valence electrons. The molecule has 2 aromatic rings. The molecule has 1 aliphatic rings. The molecule has 1 saturated heterocycles. The lowest BCUT2D eigenvalue weighted by Crippen LogP contribution is -2.41. The van der Waals surface area contributed by atoms with E-state index in [0.29, 0.717) is 30.6 Å². The Morgan fingerprint density at radius 3 is 2.61 bits per heavy atom. The lowest BCUT2D eigenvalue weighted by molar-refractivity contribution is 0.0173. The first kappa shape index (κ1) is 16.2. The first-order chi connectivity index (χ1) is 11.0. The number of rotatable bonds is 4. The molecule has 0 bridgehead atoms. The molecule has 2 aromatic carbocycles. The van der Waals surface area contributed by atoms with E-state index in [1.165, 1.54) is 0 Å². The van der Waals surface area contributed by atoms with Gasteiger partial charge < -0.3 is 9.47 Å². The van der Waals surface area contributed by atoms with Crippen molar-refractivity contribution in [3.05, 3.63) is 36.4 Å². The number of hydrogen-bond acceptors (Lipinski definition) is 4. The highest BCUT2D eigenvalue weighted by atomic mass is 32.2. The molecular formula is C17H21NO4S. The Morgan fingerprint density at radius 2 is 1.91 bits per heavy atom. The minimum atomic E-state index is -3.60. The molecule has 23 heavy (non-hydrogen) atoms. The van der Waals surface area contributed by atoms with Crippen molar-refractivity contribution >= 4 is 20.8 Å². The van der Waals surface area contributed by atoms with Gasteiger partial charge in [-0.1, -0.05) is 24.3 Å². The standard InChI is InChI=1S/C17H21NO4S/c1-12-11-13(9-10-22-12)18-23(19,20)17-8-7-16(21-2)14-5-3-4-6-15(14)17/h3-8,12-13,18H,9-11H2,1-2H3. The molecular weight excluding hydrogens is 314 g/mol. The summed E-state index contributed by atoms with van der Waals surface area (Å²) < 4.78 is 39.3. The van der Waals surface area contributed by atoms with Gasteiger partial charge in [-0.15, -0.1) is 0 Å². The maximum Gasteiger partial charge on any atom is 0.241 e. The van der Waals surface area contributed by atoms with E-state index in [-0.39, 0.29) is 17.0 Å². The van der Waals surface area contributed by atoms with E-state index < -0.39 is 10.0 Å². The van der Waals surface area contributed by atoms with Crippen molar-refractivity contribution < 1.29 is 17.9 Å². The van der Waals surface area contributed by atoms with Gasteiger partial charge in [0.15, 0.2) is 0 Å². The Kier molecular flexibility index (Phi) is 4.57. The summed E-state index contributed by atoms with van der Waals surface area (Å²) in [5.74, 6) is 0.666. The highest BCUT2D eigenvalue weighted by molar-refractivity contribution is 7.89. The third-order valence-electron chi connectivity index (χ3n) is 4.16. The van der Waals surface area contributed by atoms with Crippen LogP contribution in [0.25, 0.3) is 10.8 Å². The van der Waals surface area contributed by atoms with E-state index in [0.717, 1.165) is 5.39 Å². The molecule has 0 aliphatic carbocycles. The maximum absolute atomic E-state index is 12.8. The molecule has 1 fully saturated rings. The fraction of sp³-hybridized carbons (Fsp3) is 0.412. The van der Waals surface area contributed by atoms with Crippen molar-refractivity contribution in [3.63, 3.8) is 0 Å². The van der Waals surface area contributed by atoms with E-state index in [1.54, 1.807) is 25.3 Å². The van der Waals surface area contributed by atoms with Crippen LogP contribution in [0.15, 0.2) is 41.3 Å². The monoisotopic (exact) mass is 335 g/mol. The van der Waals surface area contributed by atoms with Gasteiger partial charge in [-0.2, -0.15) is 0 Å². The van der Waals surface area contributed by atoms with Gasteiger partial charge in [-0.25, -0.2) is 13.1 Å². The van der Waals surface area contributed by atoms with Crippen LogP contribution >= 0.6 is 0 Å². The predicted octanol–water partition coefficient (Wildman–Crippen LogP) is 2.69. The topological polar surface area (TPSA) is 64.6 Å². The molecule has 0 amide bonds. The number of hydrogen-bond donors (Lipinski definition) is 1. The summed E-state index contributed by atoms with van der Waals surface area (Å²) in [4.78, 5) is 0.285. The van der Waals surface area contributed by atoms with Crippen molar-refractivity contribution in [1.82, 2.24) is 4.72 Å². The molecule has 1 heterocycles. The van der Waals surface area contributed by atoms with Gasteiger partial charge in [0, 0.05) is 23.4 Å². The van der Waals surface area contributed by atoms with Crippen molar-refractivity contribution in [1.29, 1.82) is 0 Å². The SMILES string of the molecule is COc1ccc(S(=O)(=O)NC2CCOC(C)C2)c2ccccc12. The average molecular weight is 335 g/mol. The normalized spacial score (nSPS) is 22.2. The van der Waals surface area contributed by atoms with Gasteiger partial charge in [-0.3, -0.25) is 0 Å². The molecule has 1 N–H and O–H groups in total. The minimum absolute atomic E-state index is 0.0732. The fourth-order valence-corrected chi connectivity index (χ4v) is 4.54. The van der Waals surface area contributed by atoms with Gasteiger partial charge in [0.05, 0.1) is 18.1 Å². The second kappa shape index (κ2) is 6.47. The smallest absolute Gasteiger partial charge is 0.241 e. The quantitative estimate of drug-likeness (QED) is 0.933. The highest BCUT2D eigenvalue weighted by Crippen LogP contribution is 2.31. The highest BCUT2D eigenvalue weighted by Gasteiger charge is 2.26. The first-order valence-electron chi connectivity index (χ1n) is 7.71. The molecule has 5 nitrogen and oxygen atoms in total. The number of methoxy groups -OCH3 is 1. The maximum atomic E-state index is 12.8. The Balaban J connectivity index is 1.98. The average Bonchev–Trinajstić information content (AvgIpc) is 2.53. The van der Waals surface area contributed by atoms with E-state index in [9.17, 15) is 8.42 Å². The zero-order valence-corrected chi connectivity index (χ0v) is 14.1. The van der Waals surface area contributed by atoms with Crippen LogP contribution in [0.2, 0.25) is 0 Å². The molecule has 1 aliphatic heterocycles. The number of ether oxygens (including phenoxy) is 2. The molecule has 0 radical (unpaired) electrons. The number of fused-ring (bicyclic) bond motifs is 1. The summed E-state index contributed by atoms with van der Waals surface area (Å²) in [6.07, 6.45) is 1.45. The van der Waals surface area contributed by atoms with E-state index in [1.807, 2.05) is 25.1 Å². The van der Waals surface area contributed by atoms with E-state index in [2.05, 4.69) is 4.72 Å². The van der Waals surface area contributed by atoms with Crippen molar-refractivity contribution in [2.24, 2.45) is 0 Å². The van der Waals surface area contributed by atoms with Gasteiger partial charge in [0.1, 0.15) is 5.75 Å². The van der Waals surface area contributed by atoms with Gasteiger partial charge in [0.25, 0.3) is 0 Å². The first-order valence-corrected chi connectivity index (χ1v) is 9.19. The predicted molar refractivity (Wildman–Crippen MR) is 89.3 cm³/mol. The van der Waals surface area contributed by atoms with Crippen LogP contribution in [0, 0.1) is 0 Å². The van der Waals surface area contributed by atoms with E-state index >= 15 is 0 Å². The molecule has 0 aromatic heterocycles. The number of sulfonamides is 1. The fourth-order valence-electron chi connectivity index (χ4n) is 3.04. The van der Waals surface area contributed by atoms with Crippen LogP contribution in [0.3, 0.4) is 0 Å². The Hall–Kier alpha value is -1.63. The molecule has 2 atom stereocenters. The molecule has 6 heteroatoms. The third kappa shape index (κ3) is 3.34. The van der Waals surface area contributed by atoms with Crippen LogP contribution in [0.1, 0.15) is 19.8 Å². The second-order valence-corrected chi connectivity index (χ2v) is 7.52. The van der Waals surface area contributed by atoms with Crippen molar-refractivity contribution in [2.75, 3.05) is 13.7 Å². The van der Waals surface area contributed by atoms with Crippen LogP contribution in [-0.4, -0.2) is 34.3 Å². The second-order valence-electron chi connectivity index (χ2n) is 5.84. The molecule has 2 unspecified atom stereocenters. The molecule has 0 spiro atoms. The molecule has 0 saturated carbocycles. The van der Waals surface area contributed by atoms with Gasteiger partial charge in [0.2, 0.25) is 10.0 Å². The summed E-state index contributed by atoms with van der Waals surface area (Å²) in [7, 11) is -2.02.